The molecule has 1 N–H and O–H groups in total. The maximum Gasteiger partial charge on any atom is 0.273 e. The van der Waals surface area contributed by atoms with Crippen molar-refractivity contribution >= 4 is 17.5 Å². The zero-order chi connectivity index (χ0) is 13.8. The normalized spacial score (nSPS) is 10.5. The Hall–Kier alpha value is -1.88. The van der Waals surface area contributed by atoms with Crippen molar-refractivity contribution in [1.29, 1.82) is 0 Å². The number of benzene rings is 1. The van der Waals surface area contributed by atoms with Crippen molar-refractivity contribution in [2.75, 3.05) is 0 Å². The number of aromatic nitrogens is 2. The topological polar surface area (TPSA) is 46.9 Å². The quantitative estimate of drug-likeness (QED) is 0.936. The van der Waals surface area contributed by atoms with Crippen LogP contribution in [0, 0.1) is 5.82 Å². The minimum atomic E-state index is -0.346. The van der Waals surface area contributed by atoms with Gasteiger partial charge < -0.3 is 5.32 Å². The molecule has 2 aromatic rings. The molecule has 4 nitrogen and oxygen atoms in total. The molecule has 0 saturated heterocycles. The number of hydrogen-bond acceptors (Lipinski definition) is 2. The zero-order valence-electron chi connectivity index (χ0n) is 10.4. The van der Waals surface area contributed by atoms with Crippen molar-refractivity contribution in [3.8, 4) is 0 Å². The lowest BCUT2D eigenvalue weighted by Gasteiger charge is -2.03. The minimum absolute atomic E-state index is 0.200. The van der Waals surface area contributed by atoms with Gasteiger partial charge in [-0.15, -0.1) is 0 Å². The van der Waals surface area contributed by atoms with Gasteiger partial charge in [0.1, 0.15) is 5.82 Å². The van der Waals surface area contributed by atoms with Crippen LogP contribution in [0.3, 0.4) is 0 Å². The number of nitrogens with one attached hydrogen (secondary N) is 1. The number of nitrogens with zero attached hydrogens (tertiary/aromatic N) is 2. The molecule has 19 heavy (non-hydrogen) atoms. The minimum Gasteiger partial charge on any atom is -0.347 e. The highest BCUT2D eigenvalue weighted by molar-refractivity contribution is 6.33. The lowest BCUT2D eigenvalue weighted by Crippen LogP contribution is -2.23. The molecule has 0 saturated carbocycles. The van der Waals surface area contributed by atoms with E-state index in [0.29, 0.717) is 18.1 Å². The summed E-state index contributed by atoms with van der Waals surface area (Å²) < 4.78 is 14.3. The second-order valence-corrected chi connectivity index (χ2v) is 4.40. The fourth-order valence-corrected chi connectivity index (χ4v) is 1.82. The zero-order valence-corrected chi connectivity index (χ0v) is 11.1. The number of carbonyl (C=O) groups excluding carboxylic acids is 1. The third kappa shape index (κ3) is 3.32. The largest absolute Gasteiger partial charge is 0.347 e. The second-order valence-electron chi connectivity index (χ2n) is 3.99. The first-order chi connectivity index (χ1) is 9.10. The maximum atomic E-state index is 12.7. The molecule has 0 fully saturated rings. The molecule has 0 unspecified atom stereocenters. The van der Waals surface area contributed by atoms with Crippen LogP contribution in [0.2, 0.25) is 5.02 Å². The lowest BCUT2D eigenvalue weighted by molar-refractivity contribution is 0.0945. The summed E-state index contributed by atoms with van der Waals surface area (Å²) in [6.07, 6.45) is 1.61. The summed E-state index contributed by atoms with van der Waals surface area (Å²) in [5.74, 6) is -0.652. The van der Waals surface area contributed by atoms with Crippen molar-refractivity contribution in [3.63, 3.8) is 0 Å². The van der Waals surface area contributed by atoms with Crippen LogP contribution < -0.4 is 5.32 Å². The van der Waals surface area contributed by atoms with Gasteiger partial charge in [0, 0.05) is 19.3 Å². The molecule has 100 valence electrons. The third-order valence-corrected chi connectivity index (χ3v) is 2.90. The van der Waals surface area contributed by atoms with Gasteiger partial charge in [-0.1, -0.05) is 23.7 Å². The van der Waals surface area contributed by atoms with E-state index in [4.69, 9.17) is 11.6 Å². The van der Waals surface area contributed by atoms with Crippen molar-refractivity contribution in [3.05, 3.63) is 52.6 Å². The molecule has 1 heterocycles. The van der Waals surface area contributed by atoms with E-state index in [1.165, 1.54) is 12.1 Å². The van der Waals surface area contributed by atoms with Crippen molar-refractivity contribution < 1.29 is 9.18 Å². The molecule has 1 aromatic heterocycles. The molecule has 0 aliphatic heterocycles. The van der Waals surface area contributed by atoms with Gasteiger partial charge >= 0.3 is 0 Å². The van der Waals surface area contributed by atoms with Crippen LogP contribution in [-0.4, -0.2) is 15.7 Å². The molecule has 6 heteroatoms. The fraction of sp³-hybridized carbons (Fsp3) is 0.231. The number of carbonyl (C=O) groups is 1. The van der Waals surface area contributed by atoms with E-state index in [0.717, 1.165) is 5.56 Å². The Morgan fingerprint density at radius 3 is 2.68 bits per heavy atom. The predicted molar refractivity (Wildman–Crippen MR) is 70.5 cm³/mol. The highest BCUT2D eigenvalue weighted by atomic mass is 35.5. The first-order valence-corrected chi connectivity index (χ1v) is 6.23. The average Bonchev–Trinajstić information content (AvgIpc) is 2.79. The molecule has 2 rings (SSSR count). The highest BCUT2D eigenvalue weighted by Crippen LogP contribution is 2.13. The summed E-state index contributed by atoms with van der Waals surface area (Å²) in [5.41, 5.74) is 1.01. The summed E-state index contributed by atoms with van der Waals surface area (Å²) in [7, 11) is 0. The molecular weight excluding hydrogens is 269 g/mol. The number of hydrogen-bond donors (Lipinski definition) is 1. The van der Waals surface area contributed by atoms with Crippen LogP contribution in [0.5, 0.6) is 0 Å². The number of aryl methyl sites for hydroxylation is 1. The second kappa shape index (κ2) is 5.84. The van der Waals surface area contributed by atoms with Crippen LogP contribution in [0.25, 0.3) is 0 Å². The Bertz CT molecular complexity index is 580. The van der Waals surface area contributed by atoms with Gasteiger partial charge in [0.15, 0.2) is 5.69 Å². The molecule has 0 atom stereocenters. The molecule has 0 spiro atoms. The fourth-order valence-electron chi connectivity index (χ4n) is 1.58. The number of halogens is 2. The summed E-state index contributed by atoms with van der Waals surface area (Å²) in [5, 5.41) is 7.08. The first kappa shape index (κ1) is 13.5. The van der Waals surface area contributed by atoms with Gasteiger partial charge in [-0.3, -0.25) is 9.48 Å². The molecule has 1 amide bonds. The molecular formula is C13H13ClFN3O. The third-order valence-electron chi connectivity index (χ3n) is 2.62. The van der Waals surface area contributed by atoms with E-state index in [9.17, 15) is 9.18 Å². The Balaban J connectivity index is 2.01. The van der Waals surface area contributed by atoms with Gasteiger partial charge in [0.05, 0.1) is 5.02 Å². The molecule has 0 aliphatic rings. The van der Waals surface area contributed by atoms with Crippen LogP contribution in [-0.2, 0) is 13.1 Å². The lowest BCUT2D eigenvalue weighted by atomic mass is 10.2. The molecule has 0 aliphatic carbocycles. The summed E-state index contributed by atoms with van der Waals surface area (Å²) in [4.78, 5) is 11.9. The van der Waals surface area contributed by atoms with Gasteiger partial charge in [-0.2, -0.15) is 5.10 Å². The van der Waals surface area contributed by atoms with E-state index < -0.39 is 0 Å². The van der Waals surface area contributed by atoms with E-state index in [2.05, 4.69) is 10.4 Å². The van der Waals surface area contributed by atoms with Crippen LogP contribution in [0.1, 0.15) is 23.0 Å². The smallest absolute Gasteiger partial charge is 0.273 e. The standard InChI is InChI=1S/C13H13ClFN3O/c1-2-18-8-11(14)12(17-18)13(19)16-7-9-3-5-10(15)6-4-9/h3-6,8H,2,7H2,1H3,(H,16,19). The van der Waals surface area contributed by atoms with Crippen molar-refractivity contribution in [2.24, 2.45) is 0 Å². The summed E-state index contributed by atoms with van der Waals surface area (Å²) in [6.45, 7) is 2.85. The van der Waals surface area contributed by atoms with Crippen LogP contribution in [0.15, 0.2) is 30.5 Å². The van der Waals surface area contributed by atoms with E-state index in [1.54, 1.807) is 23.0 Å². The Morgan fingerprint density at radius 2 is 2.11 bits per heavy atom. The maximum absolute atomic E-state index is 12.7. The number of amides is 1. The monoisotopic (exact) mass is 281 g/mol. The van der Waals surface area contributed by atoms with Gasteiger partial charge in [-0.25, -0.2) is 4.39 Å². The molecule has 0 bridgehead atoms. The average molecular weight is 282 g/mol. The first-order valence-electron chi connectivity index (χ1n) is 5.85. The molecule has 0 radical (unpaired) electrons. The Morgan fingerprint density at radius 1 is 1.42 bits per heavy atom. The van der Waals surface area contributed by atoms with Crippen LogP contribution >= 0.6 is 11.6 Å². The van der Waals surface area contributed by atoms with Crippen molar-refractivity contribution in [2.45, 2.75) is 20.0 Å². The van der Waals surface area contributed by atoms with Gasteiger partial charge in [0.25, 0.3) is 5.91 Å². The summed E-state index contributed by atoms with van der Waals surface area (Å²) >= 11 is 5.93. The van der Waals surface area contributed by atoms with E-state index in [-0.39, 0.29) is 17.4 Å². The van der Waals surface area contributed by atoms with E-state index >= 15 is 0 Å². The predicted octanol–water partition coefficient (Wildman–Crippen LogP) is 2.63. The molecule has 1 aromatic carbocycles. The van der Waals surface area contributed by atoms with Crippen molar-refractivity contribution in [1.82, 2.24) is 15.1 Å². The highest BCUT2D eigenvalue weighted by Gasteiger charge is 2.14. The summed E-state index contributed by atoms with van der Waals surface area (Å²) in [6, 6.07) is 5.92. The van der Waals surface area contributed by atoms with E-state index in [1.807, 2.05) is 6.92 Å². The Labute approximate surface area is 115 Å². The van der Waals surface area contributed by atoms with Crippen LogP contribution in [0.4, 0.5) is 4.39 Å². The Kier molecular flexibility index (Phi) is 4.16. The number of rotatable bonds is 4. The SMILES string of the molecule is CCn1cc(Cl)c(C(=O)NCc2ccc(F)cc2)n1. The van der Waals surface area contributed by atoms with Gasteiger partial charge in [0.2, 0.25) is 0 Å². The van der Waals surface area contributed by atoms with Gasteiger partial charge in [-0.05, 0) is 24.6 Å².